The first-order valence-corrected chi connectivity index (χ1v) is 7.96. The highest BCUT2D eigenvalue weighted by atomic mass is 35.5. The topological polar surface area (TPSA) is 86.6 Å². The fourth-order valence-electron chi connectivity index (χ4n) is 2.61. The molecule has 7 nitrogen and oxygen atoms in total. The van der Waals surface area contributed by atoms with Crippen LogP contribution in [0, 0.1) is 0 Å². The zero-order chi connectivity index (χ0) is 17.8. The number of halogens is 3. The molecule has 0 saturated heterocycles. The monoisotopic (exact) mass is 390 g/mol. The van der Waals surface area contributed by atoms with E-state index in [-0.39, 0.29) is 30.5 Å². The smallest absolute Gasteiger partial charge is 0.387 e. The summed E-state index contributed by atoms with van der Waals surface area (Å²) in [6.45, 7) is -1.54. The molecule has 1 aromatic carbocycles. The minimum atomic E-state index is -2.89. The van der Waals surface area contributed by atoms with Crippen LogP contribution in [0.5, 0.6) is 11.5 Å². The van der Waals surface area contributed by atoms with Gasteiger partial charge in [-0.25, -0.2) is 0 Å². The molecule has 2 N–H and O–H groups in total. The summed E-state index contributed by atoms with van der Waals surface area (Å²) in [5.74, 6) is 1.28. The predicted octanol–water partition coefficient (Wildman–Crippen LogP) is 2.72. The quantitative estimate of drug-likeness (QED) is 0.704. The van der Waals surface area contributed by atoms with Gasteiger partial charge in [0.25, 0.3) is 0 Å². The number of nitrogens with two attached hydrogens (primary N) is 1. The summed E-state index contributed by atoms with van der Waals surface area (Å²) < 4.78 is 39.5. The van der Waals surface area contributed by atoms with Gasteiger partial charge in [-0.05, 0) is 30.5 Å². The third kappa shape index (κ3) is 5.26. The Morgan fingerprint density at radius 1 is 1.31 bits per heavy atom. The Labute approximate surface area is 155 Å². The second kappa shape index (κ2) is 9.11. The minimum Gasteiger partial charge on any atom is -0.493 e. The van der Waals surface area contributed by atoms with Crippen molar-refractivity contribution in [2.75, 3.05) is 7.11 Å². The molecule has 0 radical (unpaired) electrons. The second-order valence-corrected chi connectivity index (χ2v) is 5.81. The third-order valence-corrected chi connectivity index (χ3v) is 3.92. The van der Waals surface area contributed by atoms with E-state index < -0.39 is 6.61 Å². The molecule has 0 atom stereocenters. The van der Waals surface area contributed by atoms with E-state index in [0.717, 1.165) is 18.4 Å². The van der Waals surface area contributed by atoms with Crippen LogP contribution in [0.4, 0.5) is 8.78 Å². The van der Waals surface area contributed by atoms with Gasteiger partial charge in [-0.2, -0.15) is 13.8 Å². The molecule has 0 unspecified atom stereocenters. The van der Waals surface area contributed by atoms with Crippen molar-refractivity contribution in [3.05, 3.63) is 35.5 Å². The molecular formula is C16H21ClF2N4O3. The van der Waals surface area contributed by atoms with Crippen LogP contribution in [0.25, 0.3) is 0 Å². The molecule has 3 rings (SSSR count). The van der Waals surface area contributed by atoms with Gasteiger partial charge >= 0.3 is 6.61 Å². The van der Waals surface area contributed by atoms with Crippen molar-refractivity contribution in [3.8, 4) is 11.5 Å². The van der Waals surface area contributed by atoms with Crippen LogP contribution in [0.2, 0.25) is 0 Å². The Morgan fingerprint density at radius 3 is 2.65 bits per heavy atom. The van der Waals surface area contributed by atoms with Crippen molar-refractivity contribution in [2.24, 2.45) is 5.73 Å². The number of alkyl halides is 2. The van der Waals surface area contributed by atoms with Crippen molar-refractivity contribution >= 4 is 12.4 Å². The Kier molecular flexibility index (Phi) is 7.13. The van der Waals surface area contributed by atoms with Gasteiger partial charge in [-0.1, -0.05) is 11.2 Å². The molecule has 10 heteroatoms. The lowest BCUT2D eigenvalue weighted by Gasteiger charge is -2.21. The predicted molar refractivity (Wildman–Crippen MR) is 91.3 cm³/mol. The molecule has 0 amide bonds. The highest BCUT2D eigenvalue weighted by Gasteiger charge is 2.30. The van der Waals surface area contributed by atoms with Gasteiger partial charge < -0.3 is 19.7 Å². The number of ether oxygens (including phenoxy) is 2. The van der Waals surface area contributed by atoms with Crippen LogP contribution in [0.15, 0.2) is 22.7 Å². The van der Waals surface area contributed by atoms with Gasteiger partial charge in [-0.3, -0.25) is 4.90 Å². The van der Waals surface area contributed by atoms with E-state index in [2.05, 4.69) is 19.8 Å². The van der Waals surface area contributed by atoms with Crippen molar-refractivity contribution in [3.63, 3.8) is 0 Å². The van der Waals surface area contributed by atoms with Crippen LogP contribution >= 0.6 is 12.4 Å². The normalized spacial score (nSPS) is 13.8. The lowest BCUT2D eigenvalue weighted by molar-refractivity contribution is -0.0512. The molecular weight excluding hydrogens is 370 g/mol. The minimum absolute atomic E-state index is 0. The number of rotatable bonds is 9. The first kappa shape index (κ1) is 20.3. The van der Waals surface area contributed by atoms with E-state index in [1.165, 1.54) is 13.2 Å². The van der Waals surface area contributed by atoms with E-state index in [1.807, 2.05) is 0 Å². The molecule has 0 bridgehead atoms. The summed E-state index contributed by atoms with van der Waals surface area (Å²) in [5.41, 5.74) is 6.41. The number of hydrogen-bond donors (Lipinski definition) is 1. The molecule has 0 aliphatic heterocycles. The van der Waals surface area contributed by atoms with E-state index in [0.29, 0.717) is 30.8 Å². The molecule has 1 aliphatic rings. The van der Waals surface area contributed by atoms with Crippen molar-refractivity contribution in [1.29, 1.82) is 0 Å². The van der Waals surface area contributed by atoms with Gasteiger partial charge in [-0.15, -0.1) is 12.4 Å². The van der Waals surface area contributed by atoms with E-state index >= 15 is 0 Å². The first-order valence-electron chi connectivity index (χ1n) is 7.96. The lowest BCUT2D eigenvalue weighted by atomic mass is 10.2. The summed E-state index contributed by atoms with van der Waals surface area (Å²) in [6.07, 6.45) is 2.20. The van der Waals surface area contributed by atoms with Crippen LogP contribution in [-0.2, 0) is 19.6 Å². The summed E-state index contributed by atoms with van der Waals surface area (Å²) in [4.78, 5) is 6.44. The number of methoxy groups -OCH3 is 1. The molecule has 1 aliphatic carbocycles. The highest BCUT2D eigenvalue weighted by Crippen LogP contribution is 2.33. The number of aromatic nitrogens is 2. The zero-order valence-electron chi connectivity index (χ0n) is 14.2. The largest absolute Gasteiger partial charge is 0.493 e. The maximum Gasteiger partial charge on any atom is 0.387 e. The average molecular weight is 391 g/mol. The Hall–Kier alpha value is -1.97. The Morgan fingerprint density at radius 2 is 2.08 bits per heavy atom. The fourth-order valence-corrected chi connectivity index (χ4v) is 2.61. The SMILES string of the molecule is COc1cc(CN(Cc2noc(CN)n2)C2CC2)ccc1OC(F)F.Cl. The van der Waals surface area contributed by atoms with Crippen LogP contribution in [0.3, 0.4) is 0 Å². The molecule has 2 aromatic rings. The highest BCUT2D eigenvalue weighted by molar-refractivity contribution is 5.85. The standard InChI is InChI=1S/C16H20F2N4O3.ClH/c1-23-13-6-10(2-5-12(13)24-16(17)18)8-22(11-3-4-11)9-14-20-15(7-19)25-21-14;/h2,5-6,11,16H,3-4,7-9,19H2,1H3;1H. The Bertz CT molecular complexity index is 713. The van der Waals surface area contributed by atoms with Gasteiger partial charge in [0, 0.05) is 12.6 Å². The molecule has 26 heavy (non-hydrogen) atoms. The van der Waals surface area contributed by atoms with E-state index in [9.17, 15) is 8.78 Å². The Balaban J connectivity index is 0.00000243. The third-order valence-electron chi connectivity index (χ3n) is 3.92. The van der Waals surface area contributed by atoms with E-state index in [1.54, 1.807) is 12.1 Å². The van der Waals surface area contributed by atoms with Crippen molar-refractivity contribution < 1.29 is 22.8 Å². The molecule has 0 spiro atoms. The fraction of sp³-hybridized carbons (Fsp3) is 0.500. The average Bonchev–Trinajstić information content (AvgIpc) is 3.34. The molecule has 1 heterocycles. The molecule has 1 saturated carbocycles. The lowest BCUT2D eigenvalue weighted by Crippen LogP contribution is -2.25. The summed E-state index contributed by atoms with van der Waals surface area (Å²) in [6, 6.07) is 5.39. The first-order chi connectivity index (χ1) is 12.1. The summed E-state index contributed by atoms with van der Waals surface area (Å²) >= 11 is 0. The van der Waals surface area contributed by atoms with Gasteiger partial charge in [0.1, 0.15) is 0 Å². The van der Waals surface area contributed by atoms with E-state index in [4.69, 9.17) is 15.0 Å². The van der Waals surface area contributed by atoms with Gasteiger partial charge in [0.2, 0.25) is 5.89 Å². The van der Waals surface area contributed by atoms with Gasteiger partial charge in [0.05, 0.1) is 20.2 Å². The van der Waals surface area contributed by atoms with Crippen molar-refractivity contribution in [1.82, 2.24) is 15.0 Å². The summed E-state index contributed by atoms with van der Waals surface area (Å²) in [5, 5.41) is 3.92. The van der Waals surface area contributed by atoms with Crippen LogP contribution < -0.4 is 15.2 Å². The summed E-state index contributed by atoms with van der Waals surface area (Å²) in [7, 11) is 1.42. The number of benzene rings is 1. The van der Waals surface area contributed by atoms with Crippen LogP contribution in [-0.4, -0.2) is 34.8 Å². The molecule has 1 fully saturated rings. The molecule has 1 aromatic heterocycles. The number of nitrogens with zero attached hydrogens (tertiary/aromatic N) is 3. The molecule has 144 valence electrons. The van der Waals surface area contributed by atoms with Crippen LogP contribution in [0.1, 0.15) is 30.1 Å². The second-order valence-electron chi connectivity index (χ2n) is 5.81. The van der Waals surface area contributed by atoms with Gasteiger partial charge in [0.15, 0.2) is 17.3 Å². The maximum absolute atomic E-state index is 12.4. The maximum atomic E-state index is 12.4. The van der Waals surface area contributed by atoms with Crippen molar-refractivity contribution in [2.45, 2.75) is 45.1 Å². The zero-order valence-corrected chi connectivity index (χ0v) is 15.0. The number of hydrogen-bond acceptors (Lipinski definition) is 7.